The van der Waals surface area contributed by atoms with Crippen molar-refractivity contribution >= 4 is 12.6 Å². The van der Waals surface area contributed by atoms with E-state index in [9.17, 15) is 0 Å². The summed E-state index contributed by atoms with van der Waals surface area (Å²) in [6.07, 6.45) is 6.95. The van der Waals surface area contributed by atoms with Gasteiger partial charge in [-0.2, -0.15) is 12.6 Å². The van der Waals surface area contributed by atoms with Crippen LogP contribution in [-0.2, 0) is 0 Å². The molecule has 1 heterocycles. The van der Waals surface area contributed by atoms with E-state index in [1.807, 2.05) is 0 Å². The molecule has 0 bridgehead atoms. The van der Waals surface area contributed by atoms with Crippen molar-refractivity contribution < 1.29 is 0 Å². The molecular formula is C17H36N2S. The van der Waals surface area contributed by atoms with Crippen molar-refractivity contribution in [2.24, 2.45) is 11.8 Å². The van der Waals surface area contributed by atoms with Crippen LogP contribution >= 0.6 is 12.6 Å². The molecule has 1 aliphatic heterocycles. The second kappa shape index (κ2) is 10.1. The number of unbranched alkanes of at least 4 members (excludes halogenated alkanes) is 1. The average molecular weight is 301 g/mol. The first-order valence-corrected chi connectivity index (χ1v) is 9.08. The van der Waals surface area contributed by atoms with E-state index in [-0.39, 0.29) is 0 Å². The minimum absolute atomic E-state index is 0.487. The molecule has 0 aromatic rings. The van der Waals surface area contributed by atoms with Gasteiger partial charge in [0.2, 0.25) is 0 Å². The highest BCUT2D eigenvalue weighted by atomic mass is 32.1. The van der Waals surface area contributed by atoms with Crippen LogP contribution in [0.15, 0.2) is 0 Å². The third kappa shape index (κ3) is 8.53. The summed E-state index contributed by atoms with van der Waals surface area (Å²) in [5.41, 5.74) is 0. The number of rotatable bonds is 9. The Labute approximate surface area is 132 Å². The first-order valence-electron chi connectivity index (χ1n) is 8.56. The van der Waals surface area contributed by atoms with Gasteiger partial charge >= 0.3 is 0 Å². The normalized spacial score (nSPS) is 19.9. The van der Waals surface area contributed by atoms with E-state index < -0.39 is 0 Å². The van der Waals surface area contributed by atoms with Gasteiger partial charge in [-0.25, -0.2) is 0 Å². The van der Waals surface area contributed by atoms with Crippen molar-refractivity contribution in [3.8, 4) is 0 Å². The average Bonchev–Trinajstić information content (AvgIpc) is 2.35. The van der Waals surface area contributed by atoms with Gasteiger partial charge in [-0.05, 0) is 57.8 Å². The monoisotopic (exact) mass is 300 g/mol. The standard InChI is InChI=1S/C17H36N2S/c1-15(2)7-5-6-10-19-11-8-17(9-12-19)14-18(4)13-16(3)20/h15-17,20H,5-14H2,1-4H3. The molecule has 0 radical (unpaired) electrons. The fraction of sp³-hybridized carbons (Fsp3) is 1.00. The fourth-order valence-corrected chi connectivity index (χ4v) is 3.53. The molecule has 0 aliphatic carbocycles. The minimum Gasteiger partial charge on any atom is -0.305 e. The zero-order chi connectivity index (χ0) is 15.0. The van der Waals surface area contributed by atoms with Gasteiger partial charge < -0.3 is 9.80 Å². The van der Waals surface area contributed by atoms with Gasteiger partial charge in [0.25, 0.3) is 0 Å². The van der Waals surface area contributed by atoms with Gasteiger partial charge in [0.05, 0.1) is 0 Å². The van der Waals surface area contributed by atoms with E-state index >= 15 is 0 Å². The summed E-state index contributed by atoms with van der Waals surface area (Å²) in [5.74, 6) is 1.77. The number of nitrogens with zero attached hydrogens (tertiary/aromatic N) is 2. The van der Waals surface area contributed by atoms with Crippen molar-refractivity contribution in [2.45, 2.75) is 58.1 Å². The van der Waals surface area contributed by atoms with E-state index in [2.05, 4.69) is 50.2 Å². The molecule has 0 spiro atoms. The Bertz CT molecular complexity index is 235. The maximum atomic E-state index is 4.48. The Kier molecular flexibility index (Phi) is 9.23. The van der Waals surface area contributed by atoms with Gasteiger partial charge in [0.15, 0.2) is 0 Å². The SMILES string of the molecule is CC(C)CCCCN1CCC(CN(C)CC(C)S)CC1. The molecule has 0 saturated carbocycles. The van der Waals surface area contributed by atoms with Crippen LogP contribution < -0.4 is 0 Å². The summed E-state index contributed by atoms with van der Waals surface area (Å²) < 4.78 is 0. The molecule has 1 atom stereocenters. The van der Waals surface area contributed by atoms with Crippen LogP contribution in [0.5, 0.6) is 0 Å². The van der Waals surface area contributed by atoms with Crippen LogP contribution in [0.4, 0.5) is 0 Å². The summed E-state index contributed by atoms with van der Waals surface area (Å²) in [5, 5.41) is 0.487. The van der Waals surface area contributed by atoms with Crippen LogP contribution in [0.3, 0.4) is 0 Å². The Morgan fingerprint density at radius 2 is 1.80 bits per heavy atom. The predicted molar refractivity (Wildman–Crippen MR) is 93.8 cm³/mol. The molecule has 120 valence electrons. The molecule has 1 fully saturated rings. The number of hydrogen-bond acceptors (Lipinski definition) is 3. The van der Waals surface area contributed by atoms with Crippen molar-refractivity contribution in [1.82, 2.24) is 9.80 Å². The Balaban J connectivity index is 2.07. The fourth-order valence-electron chi connectivity index (χ4n) is 3.25. The minimum atomic E-state index is 0.487. The van der Waals surface area contributed by atoms with Gasteiger partial charge in [-0.3, -0.25) is 0 Å². The topological polar surface area (TPSA) is 6.48 Å². The molecule has 0 N–H and O–H groups in total. The number of piperidine rings is 1. The molecule has 1 rings (SSSR count). The highest BCUT2D eigenvalue weighted by Crippen LogP contribution is 2.19. The van der Waals surface area contributed by atoms with Crippen molar-refractivity contribution in [3.63, 3.8) is 0 Å². The van der Waals surface area contributed by atoms with Crippen LogP contribution in [0.25, 0.3) is 0 Å². The van der Waals surface area contributed by atoms with Crippen molar-refractivity contribution in [3.05, 3.63) is 0 Å². The zero-order valence-electron chi connectivity index (χ0n) is 14.1. The van der Waals surface area contributed by atoms with E-state index in [4.69, 9.17) is 0 Å². The van der Waals surface area contributed by atoms with E-state index in [1.165, 1.54) is 58.3 Å². The molecule has 3 heteroatoms. The molecule has 0 amide bonds. The summed E-state index contributed by atoms with van der Waals surface area (Å²) >= 11 is 4.48. The van der Waals surface area contributed by atoms with Crippen LogP contribution in [0.2, 0.25) is 0 Å². The second-order valence-electron chi connectivity index (χ2n) is 7.24. The van der Waals surface area contributed by atoms with Gasteiger partial charge in [0, 0.05) is 18.3 Å². The molecule has 0 aromatic heterocycles. The quantitative estimate of drug-likeness (QED) is 0.511. The highest BCUT2D eigenvalue weighted by molar-refractivity contribution is 7.80. The Hall–Kier alpha value is 0.270. The molecule has 2 nitrogen and oxygen atoms in total. The molecule has 1 aliphatic rings. The molecule has 0 aromatic carbocycles. The summed E-state index contributed by atoms with van der Waals surface area (Å²) in [7, 11) is 2.24. The first kappa shape index (κ1) is 18.3. The third-order valence-electron chi connectivity index (χ3n) is 4.36. The summed E-state index contributed by atoms with van der Waals surface area (Å²) in [6.45, 7) is 13.2. The van der Waals surface area contributed by atoms with Crippen LogP contribution in [0.1, 0.15) is 52.9 Å². The molecule has 1 unspecified atom stereocenters. The summed E-state index contributed by atoms with van der Waals surface area (Å²) in [4.78, 5) is 5.14. The lowest BCUT2D eigenvalue weighted by atomic mass is 9.96. The second-order valence-corrected chi connectivity index (χ2v) is 8.13. The van der Waals surface area contributed by atoms with E-state index in [0.717, 1.165) is 18.4 Å². The van der Waals surface area contributed by atoms with Gasteiger partial charge in [-0.1, -0.05) is 33.6 Å². The van der Waals surface area contributed by atoms with Gasteiger partial charge in [-0.15, -0.1) is 0 Å². The summed E-state index contributed by atoms with van der Waals surface area (Å²) in [6, 6.07) is 0. The van der Waals surface area contributed by atoms with E-state index in [1.54, 1.807) is 0 Å². The maximum absolute atomic E-state index is 4.48. The number of hydrogen-bond donors (Lipinski definition) is 1. The lowest BCUT2D eigenvalue weighted by molar-refractivity contribution is 0.153. The number of thiol groups is 1. The Morgan fingerprint density at radius 3 is 2.35 bits per heavy atom. The highest BCUT2D eigenvalue weighted by Gasteiger charge is 2.20. The van der Waals surface area contributed by atoms with Gasteiger partial charge in [0.1, 0.15) is 0 Å². The third-order valence-corrected chi connectivity index (χ3v) is 4.52. The lowest BCUT2D eigenvalue weighted by Gasteiger charge is -2.34. The van der Waals surface area contributed by atoms with Crippen LogP contribution in [0, 0.1) is 11.8 Å². The zero-order valence-corrected chi connectivity index (χ0v) is 15.0. The Morgan fingerprint density at radius 1 is 1.15 bits per heavy atom. The first-order chi connectivity index (χ1) is 9.47. The van der Waals surface area contributed by atoms with Crippen molar-refractivity contribution in [2.75, 3.05) is 39.8 Å². The smallest absolute Gasteiger partial charge is 0.0116 e. The number of likely N-dealkylation sites (tertiary alicyclic amines) is 1. The predicted octanol–water partition coefficient (Wildman–Crippen LogP) is 3.77. The van der Waals surface area contributed by atoms with E-state index in [0.29, 0.717) is 5.25 Å². The molecular weight excluding hydrogens is 264 g/mol. The van der Waals surface area contributed by atoms with Crippen molar-refractivity contribution in [1.29, 1.82) is 0 Å². The van der Waals surface area contributed by atoms with Crippen LogP contribution in [-0.4, -0.2) is 54.8 Å². The largest absolute Gasteiger partial charge is 0.305 e. The molecule has 1 saturated heterocycles. The molecule has 20 heavy (non-hydrogen) atoms. The maximum Gasteiger partial charge on any atom is 0.0116 e. The lowest BCUT2D eigenvalue weighted by Crippen LogP contribution is -2.39.